The maximum absolute atomic E-state index is 12.7. The normalized spacial score (nSPS) is 16.4. The Hall–Kier alpha value is -1.35. The molecule has 1 saturated heterocycles. The minimum atomic E-state index is 0.170. The van der Waals surface area contributed by atoms with E-state index in [1.165, 1.54) is 0 Å². The fourth-order valence-corrected chi connectivity index (χ4v) is 2.90. The van der Waals surface area contributed by atoms with Gasteiger partial charge in [-0.2, -0.15) is 0 Å². The minimum absolute atomic E-state index is 0.170. The molecular formula is C17H25NO2. The molecule has 0 atom stereocenters. The molecule has 0 spiro atoms. The number of benzene rings is 1. The molecule has 1 aliphatic heterocycles. The van der Waals surface area contributed by atoms with E-state index in [9.17, 15) is 4.79 Å². The summed E-state index contributed by atoms with van der Waals surface area (Å²) in [4.78, 5) is 12.7. The van der Waals surface area contributed by atoms with Gasteiger partial charge in [-0.25, -0.2) is 0 Å². The van der Waals surface area contributed by atoms with Gasteiger partial charge in [0.15, 0.2) is 5.78 Å². The lowest BCUT2D eigenvalue weighted by Gasteiger charge is -2.23. The third-order valence-electron chi connectivity index (χ3n) is 4.17. The quantitative estimate of drug-likeness (QED) is 0.857. The molecule has 0 aliphatic carbocycles. The number of hydrogen-bond acceptors (Lipinski definition) is 3. The molecule has 1 heterocycles. The van der Waals surface area contributed by atoms with Crippen LogP contribution < -0.4 is 10.1 Å². The maximum Gasteiger partial charge on any atom is 0.166 e. The molecule has 1 fully saturated rings. The average molecular weight is 275 g/mol. The molecule has 3 heteroatoms. The third kappa shape index (κ3) is 3.04. The summed E-state index contributed by atoms with van der Waals surface area (Å²) in [6.07, 6.45) is 1.89. The zero-order valence-corrected chi connectivity index (χ0v) is 13.0. The smallest absolute Gasteiger partial charge is 0.166 e. The van der Waals surface area contributed by atoms with E-state index < -0.39 is 0 Å². The highest BCUT2D eigenvalue weighted by atomic mass is 16.5. The number of ether oxygens (including phenoxy) is 1. The van der Waals surface area contributed by atoms with E-state index in [0.717, 1.165) is 48.4 Å². The number of rotatable bonds is 4. The van der Waals surface area contributed by atoms with Crippen LogP contribution in [-0.2, 0) is 0 Å². The molecule has 0 amide bonds. The molecule has 0 saturated carbocycles. The van der Waals surface area contributed by atoms with Gasteiger partial charge in [0, 0.05) is 11.5 Å². The maximum atomic E-state index is 12.7. The Morgan fingerprint density at radius 2 is 1.95 bits per heavy atom. The van der Waals surface area contributed by atoms with E-state index in [1.807, 2.05) is 19.1 Å². The van der Waals surface area contributed by atoms with Gasteiger partial charge in [0.2, 0.25) is 0 Å². The number of piperidine rings is 1. The number of carbonyl (C=O) groups is 1. The van der Waals surface area contributed by atoms with Gasteiger partial charge in [0.25, 0.3) is 0 Å². The number of hydrogen-bond donors (Lipinski definition) is 1. The number of nitrogens with one attached hydrogen (secondary N) is 1. The Morgan fingerprint density at radius 1 is 1.30 bits per heavy atom. The lowest BCUT2D eigenvalue weighted by Crippen LogP contribution is -2.32. The van der Waals surface area contributed by atoms with Gasteiger partial charge in [-0.15, -0.1) is 0 Å². The van der Waals surface area contributed by atoms with Crippen LogP contribution in [0, 0.1) is 12.8 Å². The van der Waals surface area contributed by atoms with Crippen LogP contribution in [-0.4, -0.2) is 26.0 Å². The molecule has 0 bridgehead atoms. The van der Waals surface area contributed by atoms with E-state index in [4.69, 9.17) is 4.74 Å². The molecular weight excluding hydrogens is 250 g/mol. The van der Waals surface area contributed by atoms with Crippen LogP contribution in [0.4, 0.5) is 0 Å². The Labute approximate surface area is 121 Å². The van der Waals surface area contributed by atoms with Crippen LogP contribution in [0.15, 0.2) is 12.1 Å². The molecule has 1 aromatic rings. The van der Waals surface area contributed by atoms with E-state index in [2.05, 4.69) is 19.2 Å². The molecule has 20 heavy (non-hydrogen) atoms. The third-order valence-corrected chi connectivity index (χ3v) is 4.17. The summed E-state index contributed by atoms with van der Waals surface area (Å²) in [5.74, 6) is 1.71. The fraction of sp³-hybridized carbons (Fsp3) is 0.588. The molecule has 1 aromatic carbocycles. The second kappa shape index (κ2) is 6.40. The van der Waals surface area contributed by atoms with Crippen LogP contribution in [0.1, 0.15) is 54.1 Å². The van der Waals surface area contributed by atoms with Crippen molar-refractivity contribution in [2.45, 2.75) is 39.5 Å². The average Bonchev–Trinajstić information content (AvgIpc) is 2.46. The van der Waals surface area contributed by atoms with E-state index in [1.54, 1.807) is 7.11 Å². The first-order valence-electron chi connectivity index (χ1n) is 7.48. The fourth-order valence-electron chi connectivity index (χ4n) is 2.90. The molecule has 2 rings (SSSR count). The minimum Gasteiger partial charge on any atom is -0.496 e. The highest BCUT2D eigenvalue weighted by Gasteiger charge is 2.24. The van der Waals surface area contributed by atoms with Crippen molar-refractivity contribution in [1.29, 1.82) is 0 Å². The Balaban J connectivity index is 2.35. The first kappa shape index (κ1) is 15.0. The summed E-state index contributed by atoms with van der Waals surface area (Å²) < 4.78 is 5.45. The number of aryl methyl sites for hydroxylation is 1. The van der Waals surface area contributed by atoms with Gasteiger partial charge in [0.05, 0.1) is 7.11 Å². The Kier molecular flexibility index (Phi) is 4.81. The number of Topliss-reactive ketones (excluding diaryl/α,β-unsaturated/α-hetero) is 1. The molecule has 1 N–H and O–H groups in total. The van der Waals surface area contributed by atoms with Crippen LogP contribution in [0.2, 0.25) is 0 Å². The summed E-state index contributed by atoms with van der Waals surface area (Å²) in [7, 11) is 1.69. The van der Waals surface area contributed by atoms with Crippen molar-refractivity contribution in [2.75, 3.05) is 20.2 Å². The van der Waals surface area contributed by atoms with Crippen molar-refractivity contribution in [3.05, 3.63) is 28.8 Å². The van der Waals surface area contributed by atoms with E-state index >= 15 is 0 Å². The van der Waals surface area contributed by atoms with Gasteiger partial charge in [0.1, 0.15) is 5.75 Å². The second-order valence-electron chi connectivity index (χ2n) is 5.95. The second-order valence-corrected chi connectivity index (χ2v) is 5.95. The number of ketones is 1. The Morgan fingerprint density at radius 3 is 2.50 bits per heavy atom. The highest BCUT2D eigenvalue weighted by molar-refractivity contribution is 5.99. The van der Waals surface area contributed by atoms with E-state index in [-0.39, 0.29) is 5.92 Å². The van der Waals surface area contributed by atoms with Crippen LogP contribution in [0.25, 0.3) is 0 Å². The van der Waals surface area contributed by atoms with E-state index in [0.29, 0.717) is 11.7 Å². The van der Waals surface area contributed by atoms with Crippen LogP contribution in [0.5, 0.6) is 5.75 Å². The predicted molar refractivity (Wildman–Crippen MR) is 81.7 cm³/mol. The van der Waals surface area contributed by atoms with Crippen molar-refractivity contribution < 1.29 is 9.53 Å². The highest BCUT2D eigenvalue weighted by Crippen LogP contribution is 2.31. The summed E-state index contributed by atoms with van der Waals surface area (Å²) >= 11 is 0. The van der Waals surface area contributed by atoms with Crippen molar-refractivity contribution in [1.82, 2.24) is 5.32 Å². The first-order chi connectivity index (χ1) is 9.54. The van der Waals surface area contributed by atoms with Gasteiger partial charge in [-0.1, -0.05) is 13.8 Å². The zero-order chi connectivity index (χ0) is 14.7. The number of methoxy groups -OCH3 is 1. The zero-order valence-electron chi connectivity index (χ0n) is 13.0. The monoisotopic (exact) mass is 275 g/mol. The molecule has 0 aromatic heterocycles. The van der Waals surface area contributed by atoms with Gasteiger partial charge in [-0.3, -0.25) is 4.79 Å². The van der Waals surface area contributed by atoms with Gasteiger partial charge >= 0.3 is 0 Å². The lowest BCUT2D eigenvalue weighted by molar-refractivity contribution is 0.0894. The van der Waals surface area contributed by atoms with Crippen molar-refractivity contribution >= 4 is 5.78 Å². The first-order valence-corrected chi connectivity index (χ1v) is 7.48. The summed E-state index contributed by atoms with van der Waals surface area (Å²) in [5.41, 5.74) is 3.02. The van der Waals surface area contributed by atoms with Gasteiger partial charge < -0.3 is 10.1 Å². The van der Waals surface area contributed by atoms with Gasteiger partial charge in [-0.05, 0) is 62.0 Å². The Bertz CT molecular complexity index is 488. The molecule has 1 aliphatic rings. The molecule has 110 valence electrons. The number of carbonyl (C=O) groups excluding carboxylic acids is 1. The summed E-state index contributed by atoms with van der Waals surface area (Å²) in [5, 5.41) is 3.31. The SMILES string of the molecule is COc1cc(C)c(C(=O)C2CCNCC2)cc1C(C)C. The molecule has 3 nitrogen and oxygen atoms in total. The van der Waals surface area contributed by atoms with Crippen LogP contribution in [0.3, 0.4) is 0 Å². The largest absolute Gasteiger partial charge is 0.496 e. The van der Waals surface area contributed by atoms with Crippen molar-refractivity contribution in [3.8, 4) is 5.75 Å². The lowest BCUT2D eigenvalue weighted by atomic mass is 9.86. The molecule has 0 radical (unpaired) electrons. The topological polar surface area (TPSA) is 38.3 Å². The van der Waals surface area contributed by atoms with Crippen LogP contribution >= 0.6 is 0 Å². The summed E-state index contributed by atoms with van der Waals surface area (Å²) in [6, 6.07) is 4.05. The summed E-state index contributed by atoms with van der Waals surface area (Å²) in [6.45, 7) is 8.16. The van der Waals surface area contributed by atoms with Crippen molar-refractivity contribution in [2.24, 2.45) is 5.92 Å². The van der Waals surface area contributed by atoms with Crippen molar-refractivity contribution in [3.63, 3.8) is 0 Å². The standard InChI is InChI=1S/C17H25NO2/c1-11(2)14-10-15(12(3)9-16(14)20-4)17(19)13-5-7-18-8-6-13/h9-11,13,18H,5-8H2,1-4H3. The predicted octanol–water partition coefficient (Wildman–Crippen LogP) is 3.31. The molecule has 0 unspecified atom stereocenters.